The molecule has 6 heteroatoms. The lowest BCUT2D eigenvalue weighted by Crippen LogP contribution is -2.42. The van der Waals surface area contributed by atoms with Crippen molar-refractivity contribution in [2.75, 3.05) is 0 Å². The molecule has 0 unspecified atom stereocenters. The quantitative estimate of drug-likeness (QED) is 0.823. The number of fused-ring (bicyclic) bond motifs is 1. The van der Waals surface area contributed by atoms with Crippen molar-refractivity contribution in [3.63, 3.8) is 0 Å². The van der Waals surface area contributed by atoms with E-state index in [2.05, 4.69) is 10.9 Å². The number of halogens is 1. The lowest BCUT2D eigenvalue weighted by Gasteiger charge is -2.07. The monoisotopic (exact) mass is 360 g/mol. The minimum absolute atomic E-state index is 0.0848. The summed E-state index contributed by atoms with van der Waals surface area (Å²) in [5, 5.41) is 0. The molecule has 132 valence electrons. The van der Waals surface area contributed by atoms with Crippen LogP contribution in [0.3, 0.4) is 0 Å². The summed E-state index contributed by atoms with van der Waals surface area (Å²) in [5.41, 5.74) is 6.85. The first-order chi connectivity index (χ1) is 12.1. The van der Waals surface area contributed by atoms with Gasteiger partial charge in [-0.1, -0.05) is 25.0 Å². The van der Waals surface area contributed by atoms with Crippen LogP contribution < -0.4 is 10.9 Å². The molecule has 2 amide bonds. The number of carbonyl (C=O) groups excluding carboxylic acids is 2. The van der Waals surface area contributed by atoms with Gasteiger partial charge in [0.2, 0.25) is 5.91 Å². The van der Waals surface area contributed by atoms with Gasteiger partial charge in [-0.3, -0.25) is 20.4 Å². The Morgan fingerprint density at radius 2 is 1.72 bits per heavy atom. The molecule has 1 aliphatic carbocycles. The van der Waals surface area contributed by atoms with Crippen LogP contribution in [-0.4, -0.2) is 11.8 Å². The van der Waals surface area contributed by atoms with Gasteiger partial charge in [0.25, 0.3) is 5.91 Å². The van der Waals surface area contributed by atoms with Gasteiger partial charge in [0.05, 0.1) is 11.3 Å². The summed E-state index contributed by atoms with van der Waals surface area (Å²) in [5.74, 6) is -0.968. The normalized spacial score (nSPS) is 14.1. The van der Waals surface area contributed by atoms with Crippen LogP contribution in [0.25, 0.3) is 0 Å². The molecule has 0 radical (unpaired) electrons. The number of hydrogen-bond acceptors (Lipinski definition) is 3. The number of nitrogens with one attached hydrogen (secondary N) is 2. The SMILES string of the molecule is O=C(Cc1ccc(F)cc1)NNC(=O)c1cc2c(s1)CCCCCC2. The minimum Gasteiger partial charge on any atom is -0.273 e. The summed E-state index contributed by atoms with van der Waals surface area (Å²) in [6, 6.07) is 7.67. The summed E-state index contributed by atoms with van der Waals surface area (Å²) in [4.78, 5) is 26.1. The number of benzene rings is 1. The van der Waals surface area contributed by atoms with E-state index in [-0.39, 0.29) is 24.1 Å². The molecule has 0 atom stereocenters. The highest BCUT2D eigenvalue weighted by Crippen LogP contribution is 2.28. The van der Waals surface area contributed by atoms with Gasteiger partial charge in [-0.05, 0) is 55.0 Å². The molecule has 0 saturated heterocycles. The van der Waals surface area contributed by atoms with Gasteiger partial charge >= 0.3 is 0 Å². The fraction of sp³-hybridized carbons (Fsp3) is 0.368. The molecule has 0 aliphatic heterocycles. The molecule has 0 saturated carbocycles. The maximum Gasteiger partial charge on any atom is 0.279 e. The van der Waals surface area contributed by atoms with Crippen molar-refractivity contribution in [3.8, 4) is 0 Å². The first-order valence-electron chi connectivity index (χ1n) is 8.57. The summed E-state index contributed by atoms with van der Waals surface area (Å²) < 4.78 is 12.9. The predicted molar refractivity (Wildman–Crippen MR) is 95.9 cm³/mol. The van der Waals surface area contributed by atoms with Gasteiger partial charge in [0.1, 0.15) is 5.82 Å². The van der Waals surface area contributed by atoms with Crippen molar-refractivity contribution < 1.29 is 14.0 Å². The zero-order valence-corrected chi connectivity index (χ0v) is 14.8. The Labute approximate surface area is 150 Å². The van der Waals surface area contributed by atoms with Crippen molar-refractivity contribution in [2.45, 2.75) is 44.9 Å². The van der Waals surface area contributed by atoms with Gasteiger partial charge in [-0.25, -0.2) is 4.39 Å². The summed E-state index contributed by atoms with van der Waals surface area (Å²) in [6.45, 7) is 0. The number of hydrogen-bond donors (Lipinski definition) is 2. The molecule has 0 fully saturated rings. The van der Waals surface area contributed by atoms with Crippen molar-refractivity contribution in [2.24, 2.45) is 0 Å². The van der Waals surface area contributed by atoms with E-state index in [1.165, 1.54) is 59.6 Å². The second-order valence-corrected chi connectivity index (χ2v) is 7.42. The average Bonchev–Trinajstić information content (AvgIpc) is 2.97. The Morgan fingerprint density at radius 3 is 2.48 bits per heavy atom. The smallest absolute Gasteiger partial charge is 0.273 e. The zero-order valence-electron chi connectivity index (χ0n) is 13.9. The molecule has 1 aromatic heterocycles. The van der Waals surface area contributed by atoms with Crippen LogP contribution in [0.2, 0.25) is 0 Å². The molecule has 1 heterocycles. The van der Waals surface area contributed by atoms with Gasteiger partial charge in [0, 0.05) is 4.88 Å². The van der Waals surface area contributed by atoms with Gasteiger partial charge in [-0.15, -0.1) is 11.3 Å². The number of hydrazine groups is 1. The van der Waals surface area contributed by atoms with E-state index in [1.807, 2.05) is 6.07 Å². The lowest BCUT2D eigenvalue weighted by atomic mass is 10.00. The summed E-state index contributed by atoms with van der Waals surface area (Å²) in [7, 11) is 0. The third-order valence-corrected chi connectivity index (χ3v) is 5.55. The summed E-state index contributed by atoms with van der Waals surface area (Å²) in [6.07, 6.45) is 6.97. The third kappa shape index (κ3) is 4.89. The zero-order chi connectivity index (χ0) is 17.6. The van der Waals surface area contributed by atoms with E-state index in [0.717, 1.165) is 12.8 Å². The highest BCUT2D eigenvalue weighted by atomic mass is 32.1. The second-order valence-electron chi connectivity index (χ2n) is 6.28. The van der Waals surface area contributed by atoms with Crippen molar-refractivity contribution in [1.82, 2.24) is 10.9 Å². The largest absolute Gasteiger partial charge is 0.279 e. The van der Waals surface area contributed by atoms with Crippen LogP contribution in [0.5, 0.6) is 0 Å². The fourth-order valence-electron chi connectivity index (χ4n) is 2.98. The van der Waals surface area contributed by atoms with Crippen LogP contribution in [0, 0.1) is 5.82 Å². The van der Waals surface area contributed by atoms with Crippen molar-refractivity contribution in [3.05, 3.63) is 57.0 Å². The van der Waals surface area contributed by atoms with E-state index in [9.17, 15) is 14.0 Å². The van der Waals surface area contributed by atoms with Crippen molar-refractivity contribution >= 4 is 23.2 Å². The predicted octanol–water partition coefficient (Wildman–Crippen LogP) is 3.55. The average molecular weight is 360 g/mol. The lowest BCUT2D eigenvalue weighted by molar-refractivity contribution is -0.121. The molecule has 1 aliphatic rings. The molecule has 3 rings (SSSR count). The van der Waals surface area contributed by atoms with E-state index < -0.39 is 0 Å². The maximum atomic E-state index is 12.9. The molecular weight excluding hydrogens is 339 g/mol. The van der Waals surface area contributed by atoms with Crippen LogP contribution in [0.15, 0.2) is 30.3 Å². The third-order valence-electron chi connectivity index (χ3n) is 4.31. The van der Waals surface area contributed by atoms with Crippen LogP contribution in [0.1, 0.15) is 51.4 Å². The molecule has 25 heavy (non-hydrogen) atoms. The topological polar surface area (TPSA) is 58.2 Å². The van der Waals surface area contributed by atoms with Crippen LogP contribution in [-0.2, 0) is 24.1 Å². The van der Waals surface area contributed by atoms with Crippen LogP contribution in [0.4, 0.5) is 4.39 Å². The first kappa shape index (κ1) is 17.6. The Bertz CT molecular complexity index is 730. The van der Waals surface area contributed by atoms with Gasteiger partial charge in [0.15, 0.2) is 0 Å². The Morgan fingerprint density at radius 1 is 1.00 bits per heavy atom. The first-order valence-corrected chi connectivity index (χ1v) is 9.38. The van der Waals surface area contributed by atoms with Gasteiger partial charge < -0.3 is 0 Å². The number of aryl methyl sites for hydroxylation is 2. The van der Waals surface area contributed by atoms with Crippen LogP contribution >= 0.6 is 11.3 Å². The highest BCUT2D eigenvalue weighted by molar-refractivity contribution is 7.14. The molecule has 0 bridgehead atoms. The van der Waals surface area contributed by atoms with E-state index in [0.29, 0.717) is 10.4 Å². The summed E-state index contributed by atoms with van der Waals surface area (Å²) >= 11 is 1.52. The highest BCUT2D eigenvalue weighted by Gasteiger charge is 2.16. The van der Waals surface area contributed by atoms with E-state index >= 15 is 0 Å². The molecule has 4 nitrogen and oxygen atoms in total. The molecule has 1 aromatic carbocycles. The molecule has 0 spiro atoms. The van der Waals surface area contributed by atoms with Gasteiger partial charge in [-0.2, -0.15) is 0 Å². The minimum atomic E-state index is -0.342. The Hall–Kier alpha value is -2.21. The molecule has 2 N–H and O–H groups in total. The number of rotatable bonds is 3. The molecular formula is C19H21FN2O2S. The second kappa shape index (κ2) is 8.25. The standard InChI is InChI=1S/C19H21FN2O2S/c20-15-9-7-13(8-10-15)11-18(23)21-22-19(24)17-12-14-5-3-1-2-4-6-16(14)25-17/h7-10,12H,1-6,11H2,(H,21,23)(H,22,24). The Kier molecular flexibility index (Phi) is 5.81. The fourth-order valence-corrected chi connectivity index (χ4v) is 4.12. The molecule has 2 aromatic rings. The number of carbonyl (C=O) groups is 2. The van der Waals surface area contributed by atoms with Crippen molar-refractivity contribution in [1.29, 1.82) is 0 Å². The Balaban J connectivity index is 1.54. The van der Waals surface area contributed by atoms with E-state index in [1.54, 1.807) is 12.1 Å². The number of amides is 2. The number of thiophene rings is 1. The maximum absolute atomic E-state index is 12.9. The van der Waals surface area contributed by atoms with E-state index in [4.69, 9.17) is 0 Å².